The highest BCUT2D eigenvalue weighted by Crippen LogP contribution is 2.28. The molecule has 1 heterocycles. The number of aliphatic imine (C=N–C) groups is 1. The van der Waals surface area contributed by atoms with Crippen LogP contribution in [0.3, 0.4) is 0 Å². The van der Waals surface area contributed by atoms with E-state index in [-0.39, 0.29) is 0 Å². The third kappa shape index (κ3) is 3.89. The van der Waals surface area contributed by atoms with E-state index in [1.165, 1.54) is 0 Å². The number of rotatable bonds is 4. The molecule has 0 bridgehead atoms. The first-order valence-electron chi connectivity index (χ1n) is 8.16. The lowest BCUT2D eigenvalue weighted by Crippen LogP contribution is -1.86. The molecule has 0 spiro atoms. The molecule has 0 fully saturated rings. The average molecular weight is 442 g/mol. The average Bonchev–Trinajstić information content (AvgIpc) is 3.10. The molecule has 134 valence electrons. The second-order valence-electron chi connectivity index (χ2n) is 5.83. The molecule has 0 aliphatic heterocycles. The fourth-order valence-corrected chi connectivity index (χ4v) is 3.15. The molecule has 0 saturated carbocycles. The Morgan fingerprint density at radius 2 is 1.89 bits per heavy atom. The lowest BCUT2D eigenvalue weighted by atomic mass is 10.2. The molecule has 0 unspecified atom stereocenters. The zero-order valence-electron chi connectivity index (χ0n) is 14.3. The normalized spacial score (nSPS) is 11.4. The summed E-state index contributed by atoms with van der Waals surface area (Å²) in [4.78, 5) is 9.08. The van der Waals surface area contributed by atoms with E-state index in [4.69, 9.17) is 20.8 Å². The van der Waals surface area contributed by atoms with Crippen molar-refractivity contribution in [2.45, 2.75) is 0 Å². The standard InChI is InChI=1S/C21H14BrClN2O2/c1-26-19-8-2-13(10-17(19)23)12-24-16-7-9-20-18(11-16)25-21(27-20)14-3-5-15(22)6-4-14/h2-12H,1H3. The van der Waals surface area contributed by atoms with Crippen molar-refractivity contribution in [2.24, 2.45) is 4.99 Å². The highest BCUT2D eigenvalue weighted by molar-refractivity contribution is 9.10. The molecule has 4 aromatic rings. The third-order valence-electron chi connectivity index (χ3n) is 4.00. The van der Waals surface area contributed by atoms with Crippen molar-refractivity contribution < 1.29 is 9.15 Å². The predicted molar refractivity (Wildman–Crippen MR) is 112 cm³/mol. The number of hydrogen-bond acceptors (Lipinski definition) is 4. The maximum Gasteiger partial charge on any atom is 0.227 e. The van der Waals surface area contributed by atoms with Gasteiger partial charge in [-0.05, 0) is 66.2 Å². The summed E-state index contributed by atoms with van der Waals surface area (Å²) < 4.78 is 12.0. The number of fused-ring (bicyclic) bond motifs is 1. The monoisotopic (exact) mass is 440 g/mol. The van der Waals surface area contributed by atoms with Gasteiger partial charge in [-0.1, -0.05) is 27.5 Å². The first-order chi connectivity index (χ1) is 13.1. The second kappa shape index (κ2) is 7.55. The molecule has 1 aromatic heterocycles. The number of methoxy groups -OCH3 is 1. The fourth-order valence-electron chi connectivity index (χ4n) is 2.62. The number of oxazole rings is 1. The van der Waals surface area contributed by atoms with E-state index in [9.17, 15) is 0 Å². The Morgan fingerprint density at radius 1 is 1.07 bits per heavy atom. The van der Waals surface area contributed by atoms with E-state index >= 15 is 0 Å². The largest absolute Gasteiger partial charge is 0.495 e. The van der Waals surface area contributed by atoms with E-state index in [2.05, 4.69) is 25.9 Å². The number of hydrogen-bond donors (Lipinski definition) is 0. The fraction of sp³-hybridized carbons (Fsp3) is 0.0476. The zero-order chi connectivity index (χ0) is 18.8. The summed E-state index contributed by atoms with van der Waals surface area (Å²) in [6.45, 7) is 0. The van der Waals surface area contributed by atoms with Gasteiger partial charge in [-0.2, -0.15) is 0 Å². The Kier molecular flexibility index (Phi) is 4.97. The van der Waals surface area contributed by atoms with Gasteiger partial charge in [0.1, 0.15) is 11.3 Å². The Morgan fingerprint density at radius 3 is 2.63 bits per heavy atom. The lowest BCUT2D eigenvalue weighted by Gasteiger charge is -2.02. The van der Waals surface area contributed by atoms with E-state index in [1.54, 1.807) is 13.3 Å². The summed E-state index contributed by atoms with van der Waals surface area (Å²) in [5, 5.41) is 0.549. The van der Waals surface area contributed by atoms with Crippen molar-refractivity contribution in [3.05, 3.63) is 75.7 Å². The van der Waals surface area contributed by atoms with E-state index < -0.39 is 0 Å². The Bertz CT molecular complexity index is 1140. The van der Waals surface area contributed by atoms with Crippen LogP contribution in [0.2, 0.25) is 5.02 Å². The number of nitrogens with zero attached hydrogens (tertiary/aromatic N) is 2. The molecule has 0 saturated heterocycles. The number of benzene rings is 3. The van der Waals surface area contributed by atoms with E-state index in [0.29, 0.717) is 16.7 Å². The molecule has 0 atom stereocenters. The summed E-state index contributed by atoms with van der Waals surface area (Å²) >= 11 is 9.58. The number of halogens is 2. The van der Waals surface area contributed by atoms with Gasteiger partial charge < -0.3 is 9.15 Å². The van der Waals surface area contributed by atoms with Crippen molar-refractivity contribution in [1.82, 2.24) is 4.98 Å². The molecular formula is C21H14BrClN2O2. The van der Waals surface area contributed by atoms with Crippen LogP contribution in [0.25, 0.3) is 22.6 Å². The van der Waals surface area contributed by atoms with Gasteiger partial charge in [0.25, 0.3) is 0 Å². The van der Waals surface area contributed by atoms with Crippen molar-refractivity contribution >= 4 is 50.5 Å². The van der Waals surface area contributed by atoms with Crippen LogP contribution in [0.1, 0.15) is 5.56 Å². The smallest absolute Gasteiger partial charge is 0.227 e. The van der Waals surface area contributed by atoms with Gasteiger partial charge in [0, 0.05) is 16.3 Å². The molecule has 0 radical (unpaired) electrons. The van der Waals surface area contributed by atoms with Crippen molar-refractivity contribution in [3.8, 4) is 17.2 Å². The summed E-state index contributed by atoms with van der Waals surface area (Å²) in [7, 11) is 1.59. The van der Waals surface area contributed by atoms with Gasteiger partial charge in [0.15, 0.2) is 5.58 Å². The maximum absolute atomic E-state index is 6.15. The van der Waals surface area contributed by atoms with Gasteiger partial charge in [0.05, 0.1) is 17.8 Å². The molecule has 4 rings (SSSR count). The van der Waals surface area contributed by atoms with Crippen molar-refractivity contribution in [2.75, 3.05) is 7.11 Å². The van der Waals surface area contributed by atoms with Crippen LogP contribution >= 0.6 is 27.5 Å². The summed E-state index contributed by atoms with van der Waals surface area (Å²) in [6.07, 6.45) is 1.75. The minimum absolute atomic E-state index is 0.549. The maximum atomic E-state index is 6.15. The van der Waals surface area contributed by atoms with Crippen LogP contribution in [-0.4, -0.2) is 18.3 Å². The molecule has 6 heteroatoms. The molecular weight excluding hydrogens is 428 g/mol. The summed E-state index contributed by atoms with van der Waals surface area (Å²) in [5.41, 5.74) is 4.07. The minimum Gasteiger partial charge on any atom is -0.495 e. The molecule has 3 aromatic carbocycles. The van der Waals surface area contributed by atoms with Crippen LogP contribution in [0.15, 0.2) is 74.5 Å². The van der Waals surface area contributed by atoms with Crippen LogP contribution < -0.4 is 4.74 Å². The summed E-state index contributed by atoms with van der Waals surface area (Å²) in [5.74, 6) is 1.22. The van der Waals surface area contributed by atoms with E-state index in [1.807, 2.05) is 60.7 Å². The number of aromatic nitrogens is 1. The van der Waals surface area contributed by atoms with Gasteiger partial charge in [0.2, 0.25) is 5.89 Å². The zero-order valence-corrected chi connectivity index (χ0v) is 16.7. The molecule has 0 aliphatic carbocycles. The molecule has 0 aliphatic rings. The first-order valence-corrected chi connectivity index (χ1v) is 9.33. The molecule has 0 N–H and O–H groups in total. The predicted octanol–water partition coefficient (Wildman–Crippen LogP) is 6.67. The van der Waals surface area contributed by atoms with Crippen LogP contribution in [0.4, 0.5) is 5.69 Å². The highest BCUT2D eigenvalue weighted by atomic mass is 79.9. The van der Waals surface area contributed by atoms with Gasteiger partial charge in [-0.25, -0.2) is 4.98 Å². The van der Waals surface area contributed by atoms with Crippen LogP contribution in [0, 0.1) is 0 Å². The third-order valence-corrected chi connectivity index (χ3v) is 4.82. The minimum atomic E-state index is 0.549. The topological polar surface area (TPSA) is 47.6 Å². The lowest BCUT2D eigenvalue weighted by molar-refractivity contribution is 0.415. The second-order valence-corrected chi connectivity index (χ2v) is 7.15. The van der Waals surface area contributed by atoms with Gasteiger partial charge >= 0.3 is 0 Å². The Balaban J connectivity index is 1.61. The number of ether oxygens (including phenoxy) is 1. The van der Waals surface area contributed by atoms with Crippen molar-refractivity contribution in [1.29, 1.82) is 0 Å². The van der Waals surface area contributed by atoms with E-state index in [0.717, 1.165) is 32.4 Å². The molecule has 4 nitrogen and oxygen atoms in total. The molecule has 27 heavy (non-hydrogen) atoms. The van der Waals surface area contributed by atoms with Gasteiger partial charge in [-0.15, -0.1) is 0 Å². The first kappa shape index (κ1) is 17.8. The van der Waals surface area contributed by atoms with Crippen LogP contribution in [-0.2, 0) is 0 Å². The molecule has 0 amide bonds. The van der Waals surface area contributed by atoms with Crippen LogP contribution in [0.5, 0.6) is 5.75 Å². The van der Waals surface area contributed by atoms with Gasteiger partial charge in [-0.3, -0.25) is 4.99 Å². The highest BCUT2D eigenvalue weighted by Gasteiger charge is 2.08. The van der Waals surface area contributed by atoms with Crippen molar-refractivity contribution in [3.63, 3.8) is 0 Å². The Labute approximate surface area is 169 Å². The SMILES string of the molecule is COc1ccc(C=Nc2ccc3oc(-c4ccc(Br)cc4)nc3c2)cc1Cl. The quantitative estimate of drug-likeness (QED) is 0.332. The summed E-state index contributed by atoms with van der Waals surface area (Å²) in [6, 6.07) is 19.0. The Hall–Kier alpha value is -2.63.